The maximum atomic E-state index is 12.5. The van der Waals surface area contributed by atoms with Crippen LogP contribution in [-0.2, 0) is 16.1 Å². The lowest BCUT2D eigenvalue weighted by molar-refractivity contribution is -0.113. The molecule has 1 N–H and O–H groups in total. The van der Waals surface area contributed by atoms with Crippen molar-refractivity contribution in [2.45, 2.75) is 37.6 Å². The summed E-state index contributed by atoms with van der Waals surface area (Å²) in [4.78, 5) is 13.5. The highest BCUT2D eigenvalue weighted by atomic mass is 35.5. The maximum absolute atomic E-state index is 12.5. The van der Waals surface area contributed by atoms with Gasteiger partial charge in [0, 0.05) is 17.3 Å². The van der Waals surface area contributed by atoms with Gasteiger partial charge in [-0.25, -0.2) is 0 Å². The van der Waals surface area contributed by atoms with E-state index in [9.17, 15) is 4.79 Å². The third-order valence-electron chi connectivity index (χ3n) is 4.74. The van der Waals surface area contributed by atoms with Crippen molar-refractivity contribution in [2.75, 3.05) is 17.7 Å². The van der Waals surface area contributed by atoms with Gasteiger partial charge in [0.25, 0.3) is 0 Å². The van der Waals surface area contributed by atoms with Crippen LogP contribution in [-0.4, -0.2) is 39.1 Å². The molecular formula is C20H21ClN4O2S2. The van der Waals surface area contributed by atoms with E-state index in [0.29, 0.717) is 11.6 Å². The minimum atomic E-state index is -0.107. The number of benzene rings is 1. The zero-order valence-electron chi connectivity index (χ0n) is 15.9. The quantitative estimate of drug-likeness (QED) is 0.522. The Morgan fingerprint density at radius 3 is 3.03 bits per heavy atom. The summed E-state index contributed by atoms with van der Waals surface area (Å²) >= 11 is 9.14. The second kappa shape index (κ2) is 9.30. The Morgan fingerprint density at radius 2 is 2.28 bits per heavy atom. The van der Waals surface area contributed by atoms with E-state index in [1.807, 2.05) is 36.6 Å². The molecule has 2 aromatic heterocycles. The standard InChI is InChI=1S/C20H21ClN4O2S2/c1-13-15(21)6-2-7-16(13)22-18(26)12-29-20-24-23-19(17-8-4-10-28-17)25(20)11-14-5-3-9-27-14/h2,4,6-8,10,14H,3,5,9,11-12H2,1H3,(H,22,26). The van der Waals surface area contributed by atoms with Crippen LogP contribution in [0.15, 0.2) is 40.9 Å². The maximum Gasteiger partial charge on any atom is 0.234 e. The van der Waals surface area contributed by atoms with Crippen molar-refractivity contribution in [1.82, 2.24) is 14.8 Å². The highest BCUT2D eigenvalue weighted by Crippen LogP contribution is 2.29. The lowest BCUT2D eigenvalue weighted by Crippen LogP contribution is -2.18. The van der Waals surface area contributed by atoms with E-state index in [-0.39, 0.29) is 17.8 Å². The average Bonchev–Trinajstić information content (AvgIpc) is 3.46. The third-order valence-corrected chi connectivity index (χ3v) is 6.98. The van der Waals surface area contributed by atoms with Gasteiger partial charge in [0.1, 0.15) is 0 Å². The fraction of sp³-hybridized carbons (Fsp3) is 0.350. The molecule has 1 amide bonds. The minimum Gasteiger partial charge on any atom is -0.376 e. The van der Waals surface area contributed by atoms with Gasteiger partial charge in [0.2, 0.25) is 5.91 Å². The van der Waals surface area contributed by atoms with E-state index in [1.54, 1.807) is 17.4 Å². The lowest BCUT2D eigenvalue weighted by Gasteiger charge is -2.14. The third kappa shape index (κ3) is 4.83. The van der Waals surface area contributed by atoms with Gasteiger partial charge in [-0.1, -0.05) is 35.5 Å². The molecule has 1 aliphatic rings. The van der Waals surface area contributed by atoms with Crippen molar-refractivity contribution in [3.63, 3.8) is 0 Å². The Morgan fingerprint density at radius 1 is 1.38 bits per heavy atom. The number of nitrogens with one attached hydrogen (secondary N) is 1. The Labute approximate surface area is 182 Å². The van der Waals surface area contributed by atoms with Crippen LogP contribution in [0.1, 0.15) is 18.4 Å². The number of anilines is 1. The molecule has 9 heteroatoms. The molecule has 1 aliphatic heterocycles. The van der Waals surface area contributed by atoms with Crippen LogP contribution in [0.2, 0.25) is 5.02 Å². The van der Waals surface area contributed by atoms with Gasteiger partial charge in [0.15, 0.2) is 11.0 Å². The van der Waals surface area contributed by atoms with Crippen molar-refractivity contribution in [3.05, 3.63) is 46.3 Å². The molecule has 1 saturated heterocycles. The van der Waals surface area contributed by atoms with Crippen molar-refractivity contribution < 1.29 is 9.53 Å². The molecule has 152 valence electrons. The number of carbonyl (C=O) groups excluding carboxylic acids is 1. The number of nitrogens with zero attached hydrogens (tertiary/aromatic N) is 3. The van der Waals surface area contributed by atoms with Gasteiger partial charge in [-0.3, -0.25) is 9.36 Å². The van der Waals surface area contributed by atoms with Crippen LogP contribution in [0.25, 0.3) is 10.7 Å². The van der Waals surface area contributed by atoms with E-state index < -0.39 is 0 Å². The number of hydrogen-bond donors (Lipinski definition) is 1. The first kappa shape index (κ1) is 20.4. The number of thiophene rings is 1. The molecule has 6 nitrogen and oxygen atoms in total. The molecule has 3 aromatic rings. The molecular weight excluding hydrogens is 428 g/mol. The van der Waals surface area contributed by atoms with Crippen molar-refractivity contribution in [1.29, 1.82) is 0 Å². The molecule has 4 rings (SSSR count). The second-order valence-corrected chi connectivity index (χ2v) is 9.08. The summed E-state index contributed by atoms with van der Waals surface area (Å²) in [5, 5.41) is 15.0. The van der Waals surface area contributed by atoms with Gasteiger partial charge in [-0.05, 0) is 48.9 Å². The lowest BCUT2D eigenvalue weighted by atomic mass is 10.2. The number of hydrogen-bond acceptors (Lipinski definition) is 6. The van der Waals surface area contributed by atoms with E-state index >= 15 is 0 Å². The number of thioether (sulfide) groups is 1. The smallest absolute Gasteiger partial charge is 0.234 e. The van der Waals surface area contributed by atoms with Crippen LogP contribution in [0.4, 0.5) is 5.69 Å². The first-order valence-corrected chi connectivity index (χ1v) is 11.6. The largest absolute Gasteiger partial charge is 0.376 e. The van der Waals surface area contributed by atoms with Crippen LogP contribution in [0.3, 0.4) is 0 Å². The minimum absolute atomic E-state index is 0.107. The van der Waals surface area contributed by atoms with Crippen LogP contribution >= 0.6 is 34.7 Å². The van der Waals surface area contributed by atoms with Crippen LogP contribution in [0.5, 0.6) is 0 Å². The molecule has 29 heavy (non-hydrogen) atoms. The van der Waals surface area contributed by atoms with Gasteiger partial charge in [0.05, 0.1) is 23.3 Å². The molecule has 0 bridgehead atoms. The fourth-order valence-corrected chi connectivity index (χ4v) is 4.84. The molecule has 1 unspecified atom stereocenters. The first-order valence-electron chi connectivity index (χ1n) is 9.38. The first-order chi connectivity index (χ1) is 14.1. The monoisotopic (exact) mass is 448 g/mol. The zero-order valence-corrected chi connectivity index (χ0v) is 18.3. The SMILES string of the molecule is Cc1c(Cl)cccc1NC(=O)CSc1nnc(-c2cccs2)n1CC1CCCO1. The topological polar surface area (TPSA) is 69.0 Å². The van der Waals surface area contributed by atoms with Crippen molar-refractivity contribution in [2.24, 2.45) is 0 Å². The van der Waals surface area contributed by atoms with E-state index in [4.69, 9.17) is 16.3 Å². The number of halogens is 1. The highest BCUT2D eigenvalue weighted by Gasteiger charge is 2.22. The van der Waals surface area contributed by atoms with E-state index in [0.717, 1.165) is 46.6 Å². The Balaban J connectivity index is 1.47. The Hall–Kier alpha value is -1.87. The summed E-state index contributed by atoms with van der Waals surface area (Å²) in [7, 11) is 0. The number of carbonyl (C=O) groups is 1. The Kier molecular flexibility index (Phi) is 6.54. The van der Waals surface area contributed by atoms with Crippen LogP contribution in [0, 0.1) is 6.92 Å². The Bertz CT molecular complexity index is 985. The van der Waals surface area contributed by atoms with Gasteiger partial charge in [-0.15, -0.1) is 21.5 Å². The van der Waals surface area contributed by atoms with Crippen molar-refractivity contribution in [3.8, 4) is 10.7 Å². The summed E-state index contributed by atoms with van der Waals surface area (Å²) < 4.78 is 7.88. The predicted molar refractivity (Wildman–Crippen MR) is 118 cm³/mol. The zero-order chi connectivity index (χ0) is 20.2. The molecule has 1 atom stereocenters. The molecule has 1 aromatic carbocycles. The number of rotatable bonds is 7. The molecule has 0 spiro atoms. The molecule has 1 fully saturated rings. The highest BCUT2D eigenvalue weighted by molar-refractivity contribution is 7.99. The number of ether oxygens (including phenoxy) is 1. The molecule has 0 saturated carbocycles. The number of amides is 1. The van der Waals surface area contributed by atoms with E-state index in [2.05, 4.69) is 20.1 Å². The van der Waals surface area contributed by atoms with E-state index in [1.165, 1.54) is 11.8 Å². The molecule has 0 radical (unpaired) electrons. The predicted octanol–water partition coefficient (Wildman–Crippen LogP) is 4.88. The van der Waals surface area contributed by atoms with Crippen molar-refractivity contribution >= 4 is 46.3 Å². The second-order valence-electron chi connectivity index (χ2n) is 6.78. The summed E-state index contributed by atoms with van der Waals surface area (Å²) in [6, 6.07) is 9.51. The van der Waals surface area contributed by atoms with Gasteiger partial charge < -0.3 is 10.1 Å². The van der Waals surface area contributed by atoms with Crippen LogP contribution < -0.4 is 5.32 Å². The molecule has 0 aliphatic carbocycles. The average molecular weight is 449 g/mol. The normalized spacial score (nSPS) is 16.3. The van der Waals surface area contributed by atoms with Gasteiger partial charge in [-0.2, -0.15) is 0 Å². The molecule has 3 heterocycles. The summed E-state index contributed by atoms with van der Waals surface area (Å²) in [6.07, 6.45) is 2.26. The number of aromatic nitrogens is 3. The summed E-state index contributed by atoms with van der Waals surface area (Å²) in [5.74, 6) is 0.953. The van der Waals surface area contributed by atoms with Gasteiger partial charge >= 0.3 is 0 Å². The summed E-state index contributed by atoms with van der Waals surface area (Å²) in [5.41, 5.74) is 1.58. The summed E-state index contributed by atoms with van der Waals surface area (Å²) in [6.45, 7) is 3.37. The fourth-order valence-electron chi connectivity index (χ4n) is 3.20.